The topological polar surface area (TPSA) is 122 Å². The Bertz CT molecular complexity index is 2750. The molecule has 0 aliphatic heterocycles. The molecular weight excluding hydrogens is 838 g/mol. The van der Waals surface area contributed by atoms with Gasteiger partial charge in [0, 0.05) is 66.7 Å². The summed E-state index contributed by atoms with van der Waals surface area (Å²) in [5, 5.41) is 22.3. The highest BCUT2D eigenvalue weighted by atomic mass is 35.5. The highest BCUT2D eigenvalue weighted by Gasteiger charge is 2.36. The van der Waals surface area contributed by atoms with Crippen molar-refractivity contribution >= 4 is 79.3 Å². The van der Waals surface area contributed by atoms with Gasteiger partial charge in [-0.1, -0.05) is 112 Å². The van der Waals surface area contributed by atoms with E-state index in [1.54, 1.807) is 48.8 Å². The standard InChI is InChI=1S/C53H53Cl2N7O2/c1-50(2,3)36-24-30(25-37(48(36)63)51(4,5)6)46(61-59-40-20-22-56-44-28-32(54)16-18-34(40)44)42-14-13-15-43(58-42)47(62-60-41-21-23-57-45-29-33(55)17-19-35(41)45)31-26-38(52(7,8)9)49(64)39(27-31)53(10,11)12/h13-29H,1-12H3/b61-59+,62-60+. The van der Waals surface area contributed by atoms with Gasteiger partial charge in [-0.2, -0.15) is 0 Å². The fourth-order valence-electron chi connectivity index (χ4n) is 7.57. The summed E-state index contributed by atoms with van der Waals surface area (Å²) in [4.78, 5) is 42.7. The minimum absolute atomic E-state index is 0.00758. The fraction of sp³-hybridized carbons (Fsp3) is 0.302. The second-order valence-corrected chi connectivity index (χ2v) is 21.2. The molecule has 2 aromatic carbocycles. The van der Waals surface area contributed by atoms with Gasteiger partial charge >= 0.3 is 0 Å². The Balaban J connectivity index is 1.54. The van der Waals surface area contributed by atoms with Crippen LogP contribution < -0.4 is 0 Å². The minimum atomic E-state index is -0.488. The van der Waals surface area contributed by atoms with Crippen molar-refractivity contribution < 1.29 is 9.59 Å². The maximum Gasteiger partial charge on any atom is 0.186 e. The van der Waals surface area contributed by atoms with E-state index in [4.69, 9.17) is 48.6 Å². The van der Waals surface area contributed by atoms with E-state index in [2.05, 4.69) is 9.97 Å². The Kier molecular flexibility index (Phi) is 12.3. The summed E-state index contributed by atoms with van der Waals surface area (Å²) in [7, 11) is 0. The third-order valence-corrected chi connectivity index (χ3v) is 11.5. The van der Waals surface area contributed by atoms with E-state index in [1.165, 1.54) is 0 Å². The van der Waals surface area contributed by atoms with E-state index in [0.29, 0.717) is 88.7 Å². The van der Waals surface area contributed by atoms with Gasteiger partial charge in [0.15, 0.2) is 11.6 Å². The quantitative estimate of drug-likeness (QED) is 0.157. The van der Waals surface area contributed by atoms with Crippen molar-refractivity contribution in [1.29, 1.82) is 0 Å². The van der Waals surface area contributed by atoms with Gasteiger partial charge in [-0.3, -0.25) is 19.6 Å². The zero-order valence-corrected chi connectivity index (χ0v) is 40.0. The fourth-order valence-corrected chi connectivity index (χ4v) is 7.90. The lowest BCUT2D eigenvalue weighted by molar-refractivity contribution is -0.114. The second-order valence-electron chi connectivity index (χ2n) is 20.3. The third-order valence-electron chi connectivity index (χ3n) is 11.1. The Morgan fingerprint density at radius 1 is 0.484 bits per heavy atom. The van der Waals surface area contributed by atoms with Gasteiger partial charge in [-0.25, -0.2) is 4.98 Å². The molecule has 0 unspecified atom stereocenters. The molecule has 0 atom stereocenters. The first-order valence-electron chi connectivity index (χ1n) is 21.3. The van der Waals surface area contributed by atoms with E-state index in [0.717, 1.165) is 10.8 Å². The van der Waals surface area contributed by atoms with Crippen LogP contribution in [0.25, 0.3) is 33.2 Å². The number of azo groups is 2. The van der Waals surface area contributed by atoms with Gasteiger partial charge in [0.2, 0.25) is 0 Å². The third kappa shape index (κ3) is 9.71. The highest BCUT2D eigenvalue weighted by molar-refractivity contribution is 6.31. The molecule has 0 N–H and O–H groups in total. The molecule has 326 valence electrons. The van der Waals surface area contributed by atoms with E-state index in [1.807, 2.05) is 138 Å². The van der Waals surface area contributed by atoms with Gasteiger partial charge in [-0.15, -0.1) is 20.5 Å². The van der Waals surface area contributed by atoms with Crippen LogP contribution >= 0.6 is 23.2 Å². The van der Waals surface area contributed by atoms with E-state index < -0.39 is 21.7 Å². The van der Waals surface area contributed by atoms with E-state index >= 15 is 0 Å². The Morgan fingerprint density at radius 2 is 0.828 bits per heavy atom. The molecule has 2 aliphatic carbocycles. The summed E-state index contributed by atoms with van der Waals surface area (Å²) in [5.74, 6) is -0.0152. The average molecular weight is 891 g/mol. The number of rotatable bonds is 6. The molecule has 2 aliphatic rings. The first-order valence-corrected chi connectivity index (χ1v) is 22.0. The number of halogens is 2. The van der Waals surface area contributed by atoms with Crippen LogP contribution in [0.15, 0.2) is 157 Å². The van der Waals surface area contributed by atoms with Gasteiger partial charge in [0.1, 0.15) is 11.4 Å². The van der Waals surface area contributed by atoms with Crippen LogP contribution in [0.1, 0.15) is 94.5 Å². The number of hydrogen-bond donors (Lipinski definition) is 0. The number of Topliss-reactive ketones (excluding diaryl/α,β-unsaturated/α-hetero) is 2. The molecule has 7 rings (SSSR count). The molecule has 9 nitrogen and oxygen atoms in total. The molecular formula is C53H53Cl2N7O2. The molecule has 5 aromatic rings. The summed E-state index contributed by atoms with van der Waals surface area (Å²) in [6, 6.07) is 20.1. The van der Waals surface area contributed by atoms with Crippen molar-refractivity contribution in [3.05, 3.63) is 158 Å². The Morgan fingerprint density at radius 3 is 1.16 bits per heavy atom. The van der Waals surface area contributed by atoms with Gasteiger partial charge < -0.3 is 0 Å². The van der Waals surface area contributed by atoms with Gasteiger partial charge in [0.05, 0.1) is 33.8 Å². The number of allylic oxidation sites excluding steroid dienone is 10. The monoisotopic (exact) mass is 889 g/mol. The number of benzene rings is 2. The maximum absolute atomic E-state index is 14.2. The van der Waals surface area contributed by atoms with Crippen LogP contribution in [0.5, 0.6) is 0 Å². The van der Waals surface area contributed by atoms with Crippen LogP contribution in [0.2, 0.25) is 10.0 Å². The van der Waals surface area contributed by atoms with E-state index in [-0.39, 0.29) is 11.6 Å². The van der Waals surface area contributed by atoms with Crippen molar-refractivity contribution in [2.24, 2.45) is 42.1 Å². The van der Waals surface area contributed by atoms with E-state index in [9.17, 15) is 9.59 Å². The molecule has 0 fully saturated rings. The van der Waals surface area contributed by atoms with Crippen LogP contribution in [-0.2, 0) is 9.59 Å². The predicted octanol–water partition coefficient (Wildman–Crippen LogP) is 15.5. The second kappa shape index (κ2) is 17.2. The van der Waals surface area contributed by atoms with Gasteiger partial charge in [0.25, 0.3) is 0 Å². The smallest absolute Gasteiger partial charge is 0.186 e. The summed E-state index contributed by atoms with van der Waals surface area (Å²) in [6.07, 6.45) is 11.0. The number of hydrogen-bond acceptors (Lipinski definition) is 9. The van der Waals surface area contributed by atoms with Crippen molar-refractivity contribution in [2.45, 2.75) is 83.1 Å². The molecule has 0 bridgehead atoms. The number of carbonyl (C=O) groups is 2. The molecule has 11 heteroatoms. The number of nitrogens with zero attached hydrogens (tertiary/aromatic N) is 7. The number of carbonyl (C=O) groups excluding carboxylic acids is 2. The van der Waals surface area contributed by atoms with Crippen LogP contribution in [0.4, 0.5) is 11.4 Å². The normalized spacial score (nSPS) is 15.6. The molecule has 3 aromatic heterocycles. The largest absolute Gasteiger partial charge is 0.289 e. The number of fused-ring (bicyclic) bond motifs is 2. The first-order chi connectivity index (χ1) is 29.9. The van der Waals surface area contributed by atoms with Gasteiger partial charge in [-0.05, 0) is 107 Å². The molecule has 0 radical (unpaired) electrons. The Hall–Kier alpha value is -6.03. The SMILES string of the molecule is CC(C)(C)C1=CC(=C(/N=N/c2ccnc3cc(Cl)ccc23)c2cccc(C(/N=N/c3ccnc4cc(Cl)ccc34)=C3C=C(C(C)(C)C)C(=O)C(C(C)(C)C)=C3)n2)C=C(C(C)(C)C)C1=O. The number of aromatic nitrogens is 3. The number of ketones is 2. The highest BCUT2D eigenvalue weighted by Crippen LogP contribution is 2.43. The molecule has 64 heavy (non-hydrogen) atoms. The molecule has 0 saturated heterocycles. The summed E-state index contributed by atoms with van der Waals surface area (Å²) in [6.45, 7) is 24.4. The van der Waals surface area contributed by atoms with Crippen LogP contribution in [0, 0.1) is 21.7 Å². The Labute approximate surface area is 385 Å². The lowest BCUT2D eigenvalue weighted by Crippen LogP contribution is -2.28. The molecule has 0 spiro atoms. The number of pyridine rings is 3. The maximum atomic E-state index is 14.2. The summed E-state index contributed by atoms with van der Waals surface area (Å²) < 4.78 is 0. The molecule has 0 amide bonds. The van der Waals surface area contributed by atoms with Crippen molar-refractivity contribution in [3.63, 3.8) is 0 Å². The lowest BCUT2D eigenvalue weighted by Gasteiger charge is -2.31. The minimum Gasteiger partial charge on any atom is -0.289 e. The zero-order valence-electron chi connectivity index (χ0n) is 38.5. The summed E-state index contributed by atoms with van der Waals surface area (Å²) in [5.41, 5.74) is 6.34. The van der Waals surface area contributed by atoms with Crippen molar-refractivity contribution in [2.75, 3.05) is 0 Å². The van der Waals surface area contributed by atoms with Crippen LogP contribution in [0.3, 0.4) is 0 Å². The molecule has 0 saturated carbocycles. The molecule has 3 heterocycles. The first kappa shape index (κ1) is 46.0. The lowest BCUT2D eigenvalue weighted by atomic mass is 9.71. The predicted molar refractivity (Wildman–Crippen MR) is 261 cm³/mol. The zero-order chi connectivity index (χ0) is 46.5. The average Bonchev–Trinajstić information content (AvgIpc) is 3.20. The summed E-state index contributed by atoms with van der Waals surface area (Å²) >= 11 is 12.7. The van der Waals surface area contributed by atoms with Crippen LogP contribution in [-0.4, -0.2) is 26.5 Å². The van der Waals surface area contributed by atoms with Crippen molar-refractivity contribution in [1.82, 2.24) is 15.0 Å². The van der Waals surface area contributed by atoms with Crippen molar-refractivity contribution in [3.8, 4) is 0 Å².